The average molecular weight is 235 g/mol. The highest BCUT2D eigenvalue weighted by atomic mass is 16.5. The Kier molecular flexibility index (Phi) is 2.53. The molecule has 0 radical (unpaired) electrons. The number of esters is 1. The fourth-order valence-corrected chi connectivity index (χ4v) is 2.47. The van der Waals surface area contributed by atoms with Crippen LogP contribution in [0.4, 0.5) is 5.82 Å². The van der Waals surface area contributed by atoms with Crippen molar-refractivity contribution in [2.75, 3.05) is 18.5 Å². The smallest absolute Gasteiger partial charge is 0.358 e. The number of nitrogens with one attached hydrogen (secondary N) is 1. The zero-order valence-corrected chi connectivity index (χ0v) is 9.98. The maximum atomic E-state index is 11.6. The van der Waals surface area contributed by atoms with E-state index in [9.17, 15) is 4.79 Å². The lowest BCUT2D eigenvalue weighted by atomic mass is 10.1. The van der Waals surface area contributed by atoms with E-state index in [0.717, 1.165) is 24.7 Å². The van der Waals surface area contributed by atoms with Crippen LogP contribution in [0, 0.1) is 5.92 Å². The number of nitrogens with zero attached hydrogens (tertiary/aromatic N) is 2. The van der Waals surface area contributed by atoms with Gasteiger partial charge in [-0.1, -0.05) is 0 Å². The van der Waals surface area contributed by atoms with Gasteiger partial charge in [0, 0.05) is 12.6 Å². The molecule has 0 saturated heterocycles. The summed E-state index contributed by atoms with van der Waals surface area (Å²) in [5, 5.41) is 7.68. The molecule has 0 aromatic carbocycles. The molecule has 1 atom stereocenters. The molecule has 1 aromatic heterocycles. The summed E-state index contributed by atoms with van der Waals surface area (Å²) in [6, 6.07) is 2.27. The van der Waals surface area contributed by atoms with Gasteiger partial charge in [0.05, 0.1) is 12.6 Å². The second-order valence-electron chi connectivity index (χ2n) is 4.70. The van der Waals surface area contributed by atoms with Gasteiger partial charge in [0.2, 0.25) is 0 Å². The van der Waals surface area contributed by atoms with Crippen molar-refractivity contribution in [2.45, 2.75) is 32.2 Å². The Hall–Kier alpha value is -1.52. The average Bonchev–Trinajstić information content (AvgIpc) is 3.07. The van der Waals surface area contributed by atoms with Gasteiger partial charge < -0.3 is 10.1 Å². The van der Waals surface area contributed by atoms with Crippen LogP contribution in [0.1, 0.15) is 42.7 Å². The molecule has 5 nitrogen and oxygen atoms in total. The Bertz CT molecular complexity index is 437. The fourth-order valence-electron chi connectivity index (χ4n) is 2.47. The Labute approximate surface area is 100 Å². The minimum absolute atomic E-state index is 0.328. The number of fused-ring (bicyclic) bond motifs is 1. The molecule has 1 N–H and O–H groups in total. The molecule has 3 rings (SSSR count). The van der Waals surface area contributed by atoms with Gasteiger partial charge in [-0.3, -0.25) is 0 Å². The van der Waals surface area contributed by atoms with Gasteiger partial charge in [0.1, 0.15) is 5.82 Å². The van der Waals surface area contributed by atoms with Crippen LogP contribution < -0.4 is 5.32 Å². The third-order valence-electron chi connectivity index (χ3n) is 3.45. The van der Waals surface area contributed by atoms with Crippen LogP contribution in [-0.4, -0.2) is 28.9 Å². The number of ether oxygens (including phenoxy) is 1. The molecule has 1 aromatic rings. The number of rotatable bonds is 3. The molecule has 17 heavy (non-hydrogen) atoms. The maximum absolute atomic E-state index is 11.6. The molecule has 1 aliphatic carbocycles. The third-order valence-corrected chi connectivity index (χ3v) is 3.45. The van der Waals surface area contributed by atoms with Gasteiger partial charge in [-0.25, -0.2) is 9.48 Å². The third kappa shape index (κ3) is 1.90. The largest absolute Gasteiger partial charge is 0.461 e. The number of hydrogen-bond donors (Lipinski definition) is 1. The molecule has 2 heterocycles. The Morgan fingerprint density at radius 1 is 1.59 bits per heavy atom. The van der Waals surface area contributed by atoms with Crippen LogP contribution in [0.3, 0.4) is 0 Å². The lowest BCUT2D eigenvalue weighted by molar-refractivity contribution is 0.0518. The second kappa shape index (κ2) is 4.05. The first-order chi connectivity index (χ1) is 8.29. The SMILES string of the molecule is CCOC(=O)c1cc2n(n1)C(C1CC1)CCN2. The van der Waals surface area contributed by atoms with E-state index in [1.165, 1.54) is 12.8 Å². The van der Waals surface area contributed by atoms with E-state index in [0.29, 0.717) is 18.3 Å². The Morgan fingerprint density at radius 2 is 2.41 bits per heavy atom. The first-order valence-corrected chi connectivity index (χ1v) is 6.30. The highest BCUT2D eigenvalue weighted by Gasteiger charge is 2.36. The molecule has 5 heteroatoms. The van der Waals surface area contributed by atoms with Crippen LogP contribution in [0.5, 0.6) is 0 Å². The van der Waals surface area contributed by atoms with Crippen molar-refractivity contribution in [1.82, 2.24) is 9.78 Å². The molecule has 0 amide bonds. The van der Waals surface area contributed by atoms with E-state index in [2.05, 4.69) is 10.4 Å². The fraction of sp³-hybridized carbons (Fsp3) is 0.667. The molecular formula is C12H17N3O2. The summed E-state index contributed by atoms with van der Waals surface area (Å²) >= 11 is 0. The van der Waals surface area contributed by atoms with Crippen molar-refractivity contribution in [3.8, 4) is 0 Å². The Morgan fingerprint density at radius 3 is 3.12 bits per heavy atom. The maximum Gasteiger partial charge on any atom is 0.358 e. The van der Waals surface area contributed by atoms with Crippen molar-refractivity contribution in [3.05, 3.63) is 11.8 Å². The number of carbonyl (C=O) groups is 1. The Balaban J connectivity index is 1.87. The van der Waals surface area contributed by atoms with E-state index in [1.54, 1.807) is 13.0 Å². The standard InChI is InChI=1S/C12H17N3O2/c1-2-17-12(16)9-7-11-13-6-5-10(8-3-4-8)15(11)14-9/h7-8,10,13H,2-6H2,1H3. The molecule has 0 spiro atoms. The number of carbonyl (C=O) groups excluding carboxylic acids is 1. The van der Waals surface area contributed by atoms with Crippen LogP contribution >= 0.6 is 0 Å². The van der Waals surface area contributed by atoms with Crippen molar-refractivity contribution < 1.29 is 9.53 Å². The van der Waals surface area contributed by atoms with Gasteiger partial charge in [-0.15, -0.1) is 0 Å². The van der Waals surface area contributed by atoms with Crippen LogP contribution in [0.15, 0.2) is 6.07 Å². The summed E-state index contributed by atoms with van der Waals surface area (Å²) in [5.74, 6) is 1.38. The predicted molar refractivity (Wildman–Crippen MR) is 63.1 cm³/mol. The highest BCUT2D eigenvalue weighted by molar-refractivity contribution is 5.88. The summed E-state index contributed by atoms with van der Waals surface area (Å²) in [6.07, 6.45) is 3.68. The minimum atomic E-state index is -0.328. The quantitative estimate of drug-likeness (QED) is 0.812. The summed E-state index contributed by atoms with van der Waals surface area (Å²) in [5.41, 5.74) is 0.418. The summed E-state index contributed by atoms with van der Waals surface area (Å²) in [6.45, 7) is 3.16. The molecule has 0 bridgehead atoms. The van der Waals surface area contributed by atoms with Crippen molar-refractivity contribution >= 4 is 11.8 Å². The van der Waals surface area contributed by atoms with Gasteiger partial charge in [0.15, 0.2) is 5.69 Å². The van der Waals surface area contributed by atoms with E-state index >= 15 is 0 Å². The van der Waals surface area contributed by atoms with E-state index in [-0.39, 0.29) is 5.97 Å². The van der Waals surface area contributed by atoms with Crippen LogP contribution in [0.25, 0.3) is 0 Å². The lowest BCUT2D eigenvalue weighted by Crippen LogP contribution is -2.24. The summed E-state index contributed by atoms with van der Waals surface area (Å²) in [4.78, 5) is 11.6. The van der Waals surface area contributed by atoms with E-state index in [4.69, 9.17) is 4.74 Å². The van der Waals surface area contributed by atoms with Crippen molar-refractivity contribution in [1.29, 1.82) is 0 Å². The van der Waals surface area contributed by atoms with E-state index < -0.39 is 0 Å². The van der Waals surface area contributed by atoms with Gasteiger partial charge >= 0.3 is 5.97 Å². The number of aromatic nitrogens is 2. The lowest BCUT2D eigenvalue weighted by Gasteiger charge is -2.25. The van der Waals surface area contributed by atoms with Crippen molar-refractivity contribution in [3.63, 3.8) is 0 Å². The first kappa shape index (κ1) is 10.6. The van der Waals surface area contributed by atoms with Crippen LogP contribution in [0.2, 0.25) is 0 Å². The second-order valence-corrected chi connectivity index (χ2v) is 4.70. The van der Waals surface area contributed by atoms with Gasteiger partial charge in [-0.2, -0.15) is 5.10 Å². The molecule has 1 aliphatic heterocycles. The molecule has 92 valence electrons. The number of hydrogen-bond acceptors (Lipinski definition) is 4. The summed E-state index contributed by atoms with van der Waals surface area (Å²) in [7, 11) is 0. The minimum Gasteiger partial charge on any atom is -0.461 e. The number of anilines is 1. The molecule has 2 aliphatic rings. The zero-order valence-electron chi connectivity index (χ0n) is 9.98. The van der Waals surface area contributed by atoms with Crippen molar-refractivity contribution in [2.24, 2.45) is 5.92 Å². The zero-order chi connectivity index (χ0) is 11.8. The molecule has 1 fully saturated rings. The predicted octanol–water partition coefficient (Wildman–Crippen LogP) is 1.83. The molecule has 1 unspecified atom stereocenters. The normalized spacial score (nSPS) is 22.8. The highest BCUT2D eigenvalue weighted by Crippen LogP contribution is 2.43. The van der Waals surface area contributed by atoms with Gasteiger partial charge in [-0.05, 0) is 32.1 Å². The first-order valence-electron chi connectivity index (χ1n) is 6.30. The van der Waals surface area contributed by atoms with Crippen LogP contribution in [-0.2, 0) is 4.74 Å². The molecule has 1 saturated carbocycles. The van der Waals surface area contributed by atoms with E-state index in [1.807, 2.05) is 4.68 Å². The van der Waals surface area contributed by atoms with Gasteiger partial charge in [0.25, 0.3) is 0 Å². The molecular weight excluding hydrogens is 218 g/mol. The topological polar surface area (TPSA) is 56.2 Å². The summed E-state index contributed by atoms with van der Waals surface area (Å²) < 4.78 is 6.95. The monoisotopic (exact) mass is 235 g/mol.